The van der Waals surface area contributed by atoms with Gasteiger partial charge >= 0.3 is 0 Å². The van der Waals surface area contributed by atoms with Crippen LogP contribution in [0.1, 0.15) is 0 Å². The topological polar surface area (TPSA) is 25.8 Å². The van der Waals surface area contributed by atoms with E-state index in [9.17, 15) is 0 Å². The second kappa shape index (κ2) is 5.41. The maximum Gasteiger partial charge on any atom is 0.0346 e. The third-order valence-electron chi connectivity index (χ3n) is 3.87. The van der Waals surface area contributed by atoms with Crippen LogP contribution < -0.4 is 0 Å². The van der Waals surface area contributed by atoms with Gasteiger partial charge in [-0.1, -0.05) is 42.5 Å². The molecular weight excluding hydrogens is 268 g/mol. The Labute approximate surface area is 129 Å². The minimum atomic E-state index is 1.13. The molecule has 4 aromatic rings. The minimum absolute atomic E-state index is 1.13. The van der Waals surface area contributed by atoms with Crippen LogP contribution in [0, 0.1) is 0 Å². The summed E-state index contributed by atoms with van der Waals surface area (Å²) in [5, 5.41) is 2.49. The Balaban J connectivity index is 2.07. The molecular formula is C20H14N2. The van der Waals surface area contributed by atoms with E-state index in [1.54, 1.807) is 6.20 Å². The monoisotopic (exact) mass is 282 g/mol. The first-order chi connectivity index (χ1) is 10.9. The van der Waals surface area contributed by atoms with E-state index in [1.165, 1.54) is 27.5 Å². The van der Waals surface area contributed by atoms with E-state index in [4.69, 9.17) is 0 Å². The van der Waals surface area contributed by atoms with Gasteiger partial charge in [-0.2, -0.15) is 0 Å². The highest BCUT2D eigenvalue weighted by Crippen LogP contribution is 2.35. The van der Waals surface area contributed by atoms with Crippen molar-refractivity contribution in [2.45, 2.75) is 0 Å². The SMILES string of the molecule is c1cncc(-c2cccc3cccc(-c4ccncc4)c23)c1. The smallest absolute Gasteiger partial charge is 0.0346 e. The van der Waals surface area contributed by atoms with E-state index in [0.29, 0.717) is 0 Å². The van der Waals surface area contributed by atoms with E-state index in [-0.39, 0.29) is 0 Å². The summed E-state index contributed by atoms with van der Waals surface area (Å²) < 4.78 is 0. The van der Waals surface area contributed by atoms with Crippen molar-refractivity contribution in [3.05, 3.63) is 85.5 Å². The van der Waals surface area contributed by atoms with Gasteiger partial charge in [0.15, 0.2) is 0 Å². The van der Waals surface area contributed by atoms with Crippen molar-refractivity contribution in [2.75, 3.05) is 0 Å². The van der Waals surface area contributed by atoms with Gasteiger partial charge < -0.3 is 0 Å². The Morgan fingerprint density at radius 3 is 1.95 bits per heavy atom. The van der Waals surface area contributed by atoms with Crippen molar-refractivity contribution >= 4 is 10.8 Å². The number of nitrogens with zero attached hydrogens (tertiary/aromatic N) is 2. The first-order valence-electron chi connectivity index (χ1n) is 7.26. The molecule has 0 aliphatic heterocycles. The molecule has 0 amide bonds. The Kier molecular flexibility index (Phi) is 3.13. The maximum absolute atomic E-state index is 4.26. The molecule has 2 aromatic heterocycles. The zero-order chi connectivity index (χ0) is 14.8. The molecule has 0 aliphatic carbocycles. The number of fused-ring (bicyclic) bond motifs is 1. The molecule has 0 atom stereocenters. The highest BCUT2D eigenvalue weighted by molar-refractivity contribution is 6.06. The lowest BCUT2D eigenvalue weighted by Crippen LogP contribution is -1.87. The lowest BCUT2D eigenvalue weighted by Gasteiger charge is -2.12. The van der Waals surface area contributed by atoms with Crippen molar-refractivity contribution in [1.29, 1.82) is 0 Å². The summed E-state index contributed by atoms with van der Waals surface area (Å²) in [7, 11) is 0. The zero-order valence-corrected chi connectivity index (χ0v) is 12.0. The highest BCUT2D eigenvalue weighted by atomic mass is 14.6. The summed E-state index contributed by atoms with van der Waals surface area (Å²) in [4.78, 5) is 8.38. The summed E-state index contributed by atoms with van der Waals surface area (Å²) in [5.74, 6) is 0. The van der Waals surface area contributed by atoms with E-state index in [1.807, 2.05) is 24.7 Å². The largest absolute Gasteiger partial charge is 0.265 e. The zero-order valence-electron chi connectivity index (χ0n) is 12.0. The van der Waals surface area contributed by atoms with Gasteiger partial charge in [-0.3, -0.25) is 9.97 Å². The fraction of sp³-hybridized carbons (Fsp3) is 0. The molecule has 0 saturated carbocycles. The summed E-state index contributed by atoms with van der Waals surface area (Å²) >= 11 is 0. The van der Waals surface area contributed by atoms with E-state index in [0.717, 1.165) is 5.56 Å². The Morgan fingerprint density at radius 1 is 0.545 bits per heavy atom. The van der Waals surface area contributed by atoms with Crippen LogP contribution in [0.3, 0.4) is 0 Å². The lowest BCUT2D eigenvalue weighted by atomic mass is 9.92. The molecule has 4 rings (SSSR count). The third-order valence-corrected chi connectivity index (χ3v) is 3.87. The average molecular weight is 282 g/mol. The summed E-state index contributed by atoms with van der Waals surface area (Å²) in [6, 6.07) is 21.0. The lowest BCUT2D eigenvalue weighted by molar-refractivity contribution is 1.33. The van der Waals surface area contributed by atoms with E-state index in [2.05, 4.69) is 64.6 Å². The van der Waals surface area contributed by atoms with Gasteiger partial charge in [0.1, 0.15) is 0 Å². The maximum atomic E-state index is 4.26. The first kappa shape index (κ1) is 12.7. The fourth-order valence-corrected chi connectivity index (χ4v) is 2.88. The van der Waals surface area contributed by atoms with Crippen molar-refractivity contribution in [3.8, 4) is 22.3 Å². The molecule has 104 valence electrons. The van der Waals surface area contributed by atoms with Gasteiger partial charge in [0.2, 0.25) is 0 Å². The van der Waals surface area contributed by atoms with Gasteiger partial charge in [0.05, 0.1) is 0 Å². The highest BCUT2D eigenvalue weighted by Gasteiger charge is 2.09. The molecule has 2 heterocycles. The van der Waals surface area contributed by atoms with Gasteiger partial charge in [-0.05, 0) is 45.7 Å². The van der Waals surface area contributed by atoms with Crippen molar-refractivity contribution < 1.29 is 0 Å². The number of hydrogen-bond donors (Lipinski definition) is 0. The van der Waals surface area contributed by atoms with Gasteiger partial charge in [-0.15, -0.1) is 0 Å². The molecule has 22 heavy (non-hydrogen) atoms. The molecule has 2 nitrogen and oxygen atoms in total. The third kappa shape index (κ3) is 2.15. The van der Waals surface area contributed by atoms with E-state index >= 15 is 0 Å². The number of benzene rings is 2. The number of hydrogen-bond acceptors (Lipinski definition) is 2. The van der Waals surface area contributed by atoms with Crippen LogP contribution in [0.2, 0.25) is 0 Å². The predicted molar refractivity (Wildman–Crippen MR) is 90.4 cm³/mol. The molecule has 2 aromatic carbocycles. The second-order valence-electron chi connectivity index (χ2n) is 5.19. The normalized spacial score (nSPS) is 10.7. The first-order valence-corrected chi connectivity index (χ1v) is 7.26. The van der Waals surface area contributed by atoms with Crippen LogP contribution in [-0.4, -0.2) is 9.97 Å². The van der Waals surface area contributed by atoms with Crippen LogP contribution in [0.25, 0.3) is 33.0 Å². The molecule has 0 spiro atoms. The minimum Gasteiger partial charge on any atom is -0.265 e. The fourth-order valence-electron chi connectivity index (χ4n) is 2.88. The summed E-state index contributed by atoms with van der Waals surface area (Å²) in [6.07, 6.45) is 7.39. The van der Waals surface area contributed by atoms with Crippen molar-refractivity contribution in [3.63, 3.8) is 0 Å². The molecule has 0 bridgehead atoms. The number of pyridine rings is 2. The van der Waals surface area contributed by atoms with E-state index < -0.39 is 0 Å². The van der Waals surface area contributed by atoms with Crippen molar-refractivity contribution in [2.24, 2.45) is 0 Å². The molecule has 0 N–H and O–H groups in total. The molecule has 0 aliphatic rings. The summed E-state index contributed by atoms with van der Waals surface area (Å²) in [6.45, 7) is 0. The van der Waals surface area contributed by atoms with Crippen LogP contribution >= 0.6 is 0 Å². The van der Waals surface area contributed by atoms with Gasteiger partial charge in [-0.25, -0.2) is 0 Å². The quantitative estimate of drug-likeness (QED) is 0.519. The van der Waals surface area contributed by atoms with Crippen LogP contribution in [0.5, 0.6) is 0 Å². The molecule has 0 fully saturated rings. The molecule has 0 unspecified atom stereocenters. The molecule has 0 radical (unpaired) electrons. The van der Waals surface area contributed by atoms with Crippen molar-refractivity contribution in [1.82, 2.24) is 9.97 Å². The average Bonchev–Trinajstić information content (AvgIpc) is 2.62. The summed E-state index contributed by atoms with van der Waals surface area (Å²) in [5.41, 5.74) is 4.74. The van der Waals surface area contributed by atoms with Crippen LogP contribution in [0.4, 0.5) is 0 Å². The predicted octanol–water partition coefficient (Wildman–Crippen LogP) is 4.96. The second-order valence-corrected chi connectivity index (χ2v) is 5.19. The number of rotatable bonds is 2. The standard InChI is InChI=1S/C20H14N2/c1-4-16-5-2-8-19(17-6-3-11-22-14-17)20(16)18(7-1)15-9-12-21-13-10-15/h1-14H. The molecule has 0 saturated heterocycles. The van der Waals surface area contributed by atoms with Gasteiger partial charge in [0.25, 0.3) is 0 Å². The Bertz CT molecular complexity index is 842. The Hall–Kier alpha value is -3.00. The Morgan fingerprint density at radius 2 is 1.27 bits per heavy atom. The number of aromatic nitrogens is 2. The van der Waals surface area contributed by atoms with Gasteiger partial charge in [0, 0.05) is 30.4 Å². The van der Waals surface area contributed by atoms with Crippen LogP contribution in [0.15, 0.2) is 85.5 Å². The molecule has 2 heteroatoms. The van der Waals surface area contributed by atoms with Crippen LogP contribution in [-0.2, 0) is 0 Å².